The molecule has 1 N–H and O–H groups in total. The molecule has 7 nitrogen and oxygen atoms in total. The largest absolute Gasteiger partial charge is 0.333 e. The number of halogens is 1. The number of fused-ring (bicyclic) bond motifs is 2. The number of nitrogens with one attached hydrogen (secondary N) is 1. The average molecular weight is 429 g/mol. The lowest BCUT2D eigenvalue weighted by atomic mass is 9.94. The SMILES string of the molecule is Cn1cc2c(n1)[C@H](C(=O)Nc1ccccc1F)CN(C(=O)c1cccc3cccnc13)C2. The van der Waals surface area contributed by atoms with E-state index >= 15 is 0 Å². The summed E-state index contributed by atoms with van der Waals surface area (Å²) in [5.74, 6) is -1.88. The molecule has 4 aromatic rings. The van der Waals surface area contributed by atoms with Gasteiger partial charge in [-0.2, -0.15) is 5.10 Å². The molecule has 1 atom stereocenters. The molecule has 0 spiro atoms. The molecule has 8 heteroatoms. The maximum atomic E-state index is 14.1. The number of amides is 2. The number of hydrogen-bond acceptors (Lipinski definition) is 4. The maximum absolute atomic E-state index is 14.1. The molecule has 1 aliphatic heterocycles. The van der Waals surface area contributed by atoms with Gasteiger partial charge in [-0.25, -0.2) is 4.39 Å². The van der Waals surface area contributed by atoms with Crippen molar-refractivity contribution >= 4 is 28.4 Å². The van der Waals surface area contributed by atoms with Gasteiger partial charge in [-0.15, -0.1) is 0 Å². The molecular weight excluding hydrogens is 409 g/mol. The van der Waals surface area contributed by atoms with Crippen molar-refractivity contribution in [1.82, 2.24) is 19.7 Å². The summed E-state index contributed by atoms with van der Waals surface area (Å²) in [6.45, 7) is 0.459. The zero-order valence-corrected chi connectivity index (χ0v) is 17.3. The zero-order valence-electron chi connectivity index (χ0n) is 17.3. The van der Waals surface area contributed by atoms with Gasteiger partial charge in [-0.05, 0) is 24.3 Å². The van der Waals surface area contributed by atoms with Crippen LogP contribution < -0.4 is 5.32 Å². The van der Waals surface area contributed by atoms with Gasteiger partial charge < -0.3 is 10.2 Å². The molecule has 1 aliphatic rings. The molecule has 0 fully saturated rings. The van der Waals surface area contributed by atoms with E-state index in [1.54, 1.807) is 47.2 Å². The number of carbonyl (C=O) groups excluding carboxylic acids is 2. The first-order valence-electron chi connectivity index (χ1n) is 10.2. The number of aryl methyl sites for hydroxylation is 1. The van der Waals surface area contributed by atoms with E-state index in [-0.39, 0.29) is 18.1 Å². The third-order valence-electron chi connectivity index (χ3n) is 5.63. The van der Waals surface area contributed by atoms with Gasteiger partial charge in [0.2, 0.25) is 5.91 Å². The second kappa shape index (κ2) is 7.88. The number of anilines is 1. The lowest BCUT2D eigenvalue weighted by Gasteiger charge is -2.31. The number of benzene rings is 2. The van der Waals surface area contributed by atoms with Gasteiger partial charge in [-0.3, -0.25) is 19.3 Å². The lowest BCUT2D eigenvalue weighted by molar-refractivity contribution is -0.118. The van der Waals surface area contributed by atoms with Crippen LogP contribution in [-0.4, -0.2) is 38.0 Å². The summed E-state index contributed by atoms with van der Waals surface area (Å²) in [4.78, 5) is 32.6. The standard InChI is InChI=1S/C24H20FN5O2/c1-29-12-16-13-30(24(32)17-8-4-6-15-7-5-11-26-21(15)17)14-18(22(16)28-29)23(31)27-20-10-3-2-9-19(20)25/h2-12,18H,13-14H2,1H3,(H,27,31)/t18-/m1/s1. The van der Waals surface area contributed by atoms with Gasteiger partial charge in [0.05, 0.1) is 22.5 Å². The Labute approximate surface area is 183 Å². The predicted molar refractivity (Wildman–Crippen MR) is 117 cm³/mol. The topological polar surface area (TPSA) is 80.1 Å². The highest BCUT2D eigenvalue weighted by atomic mass is 19.1. The Balaban J connectivity index is 1.48. The minimum atomic E-state index is -0.730. The molecule has 0 bridgehead atoms. The number of para-hydroxylation sites is 2. The summed E-state index contributed by atoms with van der Waals surface area (Å²) in [5, 5.41) is 7.96. The smallest absolute Gasteiger partial charge is 0.256 e. The zero-order chi connectivity index (χ0) is 22.2. The van der Waals surface area contributed by atoms with E-state index in [0.717, 1.165) is 10.9 Å². The lowest BCUT2D eigenvalue weighted by Crippen LogP contribution is -2.42. The molecule has 0 radical (unpaired) electrons. The Morgan fingerprint density at radius 3 is 2.75 bits per heavy atom. The van der Waals surface area contributed by atoms with Gasteiger partial charge >= 0.3 is 0 Å². The molecular formula is C24H20FN5O2. The minimum absolute atomic E-state index is 0.0942. The number of aromatic nitrogens is 3. The minimum Gasteiger partial charge on any atom is -0.333 e. The molecule has 0 saturated carbocycles. The first-order valence-corrected chi connectivity index (χ1v) is 10.2. The van der Waals surface area contributed by atoms with E-state index in [2.05, 4.69) is 15.4 Å². The highest BCUT2D eigenvalue weighted by Crippen LogP contribution is 2.30. The third-order valence-corrected chi connectivity index (χ3v) is 5.63. The Morgan fingerprint density at radius 2 is 1.91 bits per heavy atom. The number of carbonyl (C=O) groups is 2. The molecule has 0 unspecified atom stereocenters. The predicted octanol–water partition coefficient (Wildman–Crippen LogP) is 3.49. The summed E-state index contributed by atoms with van der Waals surface area (Å²) in [7, 11) is 1.77. The van der Waals surface area contributed by atoms with Crippen LogP contribution in [-0.2, 0) is 18.4 Å². The van der Waals surface area contributed by atoms with Gasteiger partial charge in [-0.1, -0.05) is 30.3 Å². The van der Waals surface area contributed by atoms with Crippen molar-refractivity contribution < 1.29 is 14.0 Å². The molecule has 2 amide bonds. The summed E-state index contributed by atoms with van der Waals surface area (Å²) in [6, 6.07) is 15.2. The van der Waals surface area contributed by atoms with Crippen molar-refractivity contribution in [2.45, 2.75) is 12.5 Å². The van der Waals surface area contributed by atoms with E-state index < -0.39 is 17.6 Å². The van der Waals surface area contributed by atoms with E-state index in [1.165, 1.54) is 12.1 Å². The van der Waals surface area contributed by atoms with Crippen LogP contribution in [0.3, 0.4) is 0 Å². The maximum Gasteiger partial charge on any atom is 0.256 e. The van der Waals surface area contributed by atoms with Crippen molar-refractivity contribution in [2.24, 2.45) is 7.05 Å². The average Bonchev–Trinajstić information content (AvgIpc) is 3.19. The Morgan fingerprint density at radius 1 is 1.09 bits per heavy atom. The molecule has 3 heterocycles. The fourth-order valence-electron chi connectivity index (χ4n) is 4.14. The normalized spacial score (nSPS) is 15.4. The Bertz CT molecular complexity index is 1340. The van der Waals surface area contributed by atoms with Gasteiger partial charge in [0.15, 0.2) is 0 Å². The van der Waals surface area contributed by atoms with Crippen LogP contribution in [0.15, 0.2) is 67.0 Å². The second-order valence-corrected chi connectivity index (χ2v) is 7.80. The van der Waals surface area contributed by atoms with Crippen LogP contribution in [0.2, 0.25) is 0 Å². The number of hydrogen-bond donors (Lipinski definition) is 1. The summed E-state index contributed by atoms with van der Waals surface area (Å²) in [6.07, 6.45) is 3.46. The fraction of sp³-hybridized carbons (Fsp3) is 0.167. The second-order valence-electron chi connectivity index (χ2n) is 7.80. The van der Waals surface area contributed by atoms with Crippen LogP contribution in [0.1, 0.15) is 27.5 Å². The molecule has 5 rings (SSSR count). The summed E-state index contributed by atoms with van der Waals surface area (Å²) in [5.41, 5.74) is 2.57. The molecule has 160 valence electrons. The van der Waals surface area contributed by atoms with E-state index in [4.69, 9.17) is 0 Å². The summed E-state index contributed by atoms with van der Waals surface area (Å²) >= 11 is 0. The molecule has 2 aromatic carbocycles. The van der Waals surface area contributed by atoms with Crippen LogP contribution in [0.25, 0.3) is 10.9 Å². The van der Waals surface area contributed by atoms with Crippen molar-refractivity contribution in [3.63, 3.8) is 0 Å². The van der Waals surface area contributed by atoms with Crippen LogP contribution in [0.4, 0.5) is 10.1 Å². The van der Waals surface area contributed by atoms with Crippen molar-refractivity contribution in [2.75, 3.05) is 11.9 Å². The monoisotopic (exact) mass is 429 g/mol. The number of rotatable bonds is 3. The first kappa shape index (κ1) is 19.9. The van der Waals surface area contributed by atoms with Crippen molar-refractivity contribution in [3.8, 4) is 0 Å². The Kier molecular flexibility index (Phi) is 4.89. The van der Waals surface area contributed by atoms with Gasteiger partial charge in [0, 0.05) is 43.5 Å². The quantitative estimate of drug-likeness (QED) is 0.541. The first-order chi connectivity index (χ1) is 15.5. The van der Waals surface area contributed by atoms with E-state index in [1.807, 2.05) is 24.3 Å². The number of nitrogens with zero attached hydrogens (tertiary/aromatic N) is 4. The van der Waals surface area contributed by atoms with E-state index in [9.17, 15) is 14.0 Å². The Hall–Kier alpha value is -4.07. The van der Waals surface area contributed by atoms with Gasteiger partial charge in [0.25, 0.3) is 5.91 Å². The fourth-order valence-corrected chi connectivity index (χ4v) is 4.14. The summed E-state index contributed by atoms with van der Waals surface area (Å²) < 4.78 is 15.7. The van der Waals surface area contributed by atoms with E-state index in [0.29, 0.717) is 23.3 Å². The number of pyridine rings is 1. The third kappa shape index (κ3) is 3.49. The van der Waals surface area contributed by atoms with Crippen molar-refractivity contribution in [3.05, 3.63) is 89.6 Å². The van der Waals surface area contributed by atoms with Crippen LogP contribution in [0.5, 0.6) is 0 Å². The highest BCUT2D eigenvalue weighted by Gasteiger charge is 2.36. The van der Waals surface area contributed by atoms with Crippen LogP contribution >= 0.6 is 0 Å². The molecule has 0 saturated heterocycles. The van der Waals surface area contributed by atoms with Crippen LogP contribution in [0, 0.1) is 5.82 Å². The molecule has 0 aliphatic carbocycles. The molecule has 2 aromatic heterocycles. The molecule has 32 heavy (non-hydrogen) atoms. The van der Waals surface area contributed by atoms with Gasteiger partial charge in [0.1, 0.15) is 11.7 Å². The highest BCUT2D eigenvalue weighted by molar-refractivity contribution is 6.06. The van der Waals surface area contributed by atoms with Crippen molar-refractivity contribution in [1.29, 1.82) is 0 Å².